The minimum Gasteiger partial charge on any atom is -0.507 e. The number of amides is 1. The summed E-state index contributed by atoms with van der Waals surface area (Å²) in [5, 5.41) is 11.4. The van der Waals surface area contributed by atoms with E-state index in [9.17, 15) is 14.7 Å². The summed E-state index contributed by atoms with van der Waals surface area (Å²) in [6.45, 7) is 10.5. The molecule has 0 spiro atoms. The molecule has 1 saturated heterocycles. The number of benzene rings is 3. The Morgan fingerprint density at radius 3 is 2.31 bits per heavy atom. The lowest BCUT2D eigenvalue weighted by molar-refractivity contribution is -0.132. The van der Waals surface area contributed by atoms with Crippen LogP contribution in [0.15, 0.2) is 72.3 Å². The largest absolute Gasteiger partial charge is 0.507 e. The molecule has 1 amide bonds. The predicted molar refractivity (Wildman–Crippen MR) is 139 cm³/mol. The van der Waals surface area contributed by atoms with Crippen LogP contribution in [0.5, 0.6) is 5.75 Å². The number of ether oxygens (including phenoxy) is 1. The standard InChI is InChI=1S/C30H31NO4/c1-6-35-25-9-7-8-24(17-25)31-27(22-14-12-21(13-15-22)18(2)3)26(29(33)30(31)34)28(32)23-11-10-19(4)20(5)16-23/h7-18,27,32H,6H2,1-5H3/b28-26+. The SMILES string of the molecule is CCOc1cccc(N2C(=O)C(=O)/C(=C(/O)c3ccc(C)c(C)c3)C2c2ccc(C(C)C)cc2)c1. The fourth-order valence-corrected chi connectivity index (χ4v) is 4.41. The first kappa shape index (κ1) is 24.3. The zero-order valence-electron chi connectivity index (χ0n) is 20.8. The fourth-order valence-electron chi connectivity index (χ4n) is 4.41. The van der Waals surface area contributed by atoms with Crippen molar-refractivity contribution in [1.82, 2.24) is 0 Å². The van der Waals surface area contributed by atoms with Gasteiger partial charge in [-0.1, -0.05) is 56.3 Å². The zero-order chi connectivity index (χ0) is 25.3. The van der Waals surface area contributed by atoms with Crippen LogP contribution >= 0.6 is 0 Å². The molecule has 0 bridgehead atoms. The normalized spacial score (nSPS) is 17.3. The van der Waals surface area contributed by atoms with E-state index in [-0.39, 0.29) is 11.3 Å². The van der Waals surface area contributed by atoms with Gasteiger partial charge in [0.05, 0.1) is 18.2 Å². The van der Waals surface area contributed by atoms with Crippen LogP contribution in [0.3, 0.4) is 0 Å². The van der Waals surface area contributed by atoms with E-state index in [0.29, 0.717) is 29.5 Å². The van der Waals surface area contributed by atoms with Gasteiger partial charge in [0.1, 0.15) is 11.5 Å². The van der Waals surface area contributed by atoms with Crippen molar-refractivity contribution in [2.45, 2.75) is 46.6 Å². The molecule has 35 heavy (non-hydrogen) atoms. The molecule has 0 aromatic heterocycles. The lowest BCUT2D eigenvalue weighted by Crippen LogP contribution is -2.29. The molecule has 1 aliphatic heterocycles. The topological polar surface area (TPSA) is 66.8 Å². The molecule has 0 aliphatic carbocycles. The highest BCUT2D eigenvalue weighted by atomic mass is 16.5. The van der Waals surface area contributed by atoms with Crippen molar-refractivity contribution in [3.05, 3.63) is 100 Å². The molecule has 1 unspecified atom stereocenters. The quantitative estimate of drug-likeness (QED) is 0.256. The van der Waals surface area contributed by atoms with Crippen LogP contribution in [-0.4, -0.2) is 23.4 Å². The molecule has 1 aliphatic rings. The molecule has 3 aromatic carbocycles. The number of nitrogens with zero attached hydrogens (tertiary/aromatic N) is 1. The van der Waals surface area contributed by atoms with Crippen molar-refractivity contribution in [2.24, 2.45) is 0 Å². The van der Waals surface area contributed by atoms with Crippen molar-refractivity contribution in [3.63, 3.8) is 0 Å². The average Bonchev–Trinajstić information content (AvgIpc) is 3.11. The van der Waals surface area contributed by atoms with Crippen molar-refractivity contribution in [3.8, 4) is 5.75 Å². The average molecular weight is 470 g/mol. The minimum atomic E-state index is -0.769. The summed E-state index contributed by atoms with van der Waals surface area (Å²) in [4.78, 5) is 28.2. The lowest BCUT2D eigenvalue weighted by atomic mass is 9.92. The molecule has 0 saturated carbocycles. The van der Waals surface area contributed by atoms with E-state index in [0.717, 1.165) is 22.3 Å². The van der Waals surface area contributed by atoms with Gasteiger partial charge in [-0.25, -0.2) is 0 Å². The number of ketones is 1. The van der Waals surface area contributed by atoms with E-state index < -0.39 is 17.7 Å². The van der Waals surface area contributed by atoms with Gasteiger partial charge in [0.15, 0.2) is 0 Å². The second-order valence-corrected chi connectivity index (χ2v) is 9.22. The number of anilines is 1. The Morgan fingerprint density at radius 2 is 1.69 bits per heavy atom. The van der Waals surface area contributed by atoms with Crippen LogP contribution in [0.25, 0.3) is 5.76 Å². The number of Topliss-reactive ketones (excluding diaryl/α,β-unsaturated/α-hetero) is 1. The Morgan fingerprint density at radius 1 is 0.971 bits per heavy atom. The number of carbonyl (C=O) groups is 2. The molecule has 5 heteroatoms. The van der Waals surface area contributed by atoms with Crippen LogP contribution in [0.2, 0.25) is 0 Å². The second kappa shape index (κ2) is 9.79. The molecule has 1 heterocycles. The van der Waals surface area contributed by atoms with Gasteiger partial charge in [-0.2, -0.15) is 0 Å². The number of aryl methyl sites for hydroxylation is 2. The van der Waals surface area contributed by atoms with Crippen LogP contribution in [0.4, 0.5) is 5.69 Å². The van der Waals surface area contributed by atoms with E-state index in [1.165, 1.54) is 4.90 Å². The maximum absolute atomic E-state index is 13.4. The van der Waals surface area contributed by atoms with E-state index >= 15 is 0 Å². The third kappa shape index (κ3) is 4.59. The molecular formula is C30H31NO4. The molecule has 180 valence electrons. The van der Waals surface area contributed by atoms with Gasteiger partial charge in [-0.05, 0) is 67.1 Å². The van der Waals surface area contributed by atoms with Crippen LogP contribution < -0.4 is 9.64 Å². The number of hydrogen-bond acceptors (Lipinski definition) is 4. The van der Waals surface area contributed by atoms with E-state index in [4.69, 9.17) is 4.74 Å². The summed E-state index contributed by atoms with van der Waals surface area (Å²) in [6, 6.07) is 19.8. The molecule has 1 fully saturated rings. The van der Waals surface area contributed by atoms with Crippen LogP contribution in [0, 0.1) is 13.8 Å². The zero-order valence-corrected chi connectivity index (χ0v) is 20.8. The summed E-state index contributed by atoms with van der Waals surface area (Å²) in [6.07, 6.45) is 0. The molecule has 3 aromatic rings. The van der Waals surface area contributed by atoms with Crippen molar-refractivity contribution in [1.29, 1.82) is 0 Å². The third-order valence-corrected chi connectivity index (χ3v) is 6.55. The molecule has 0 radical (unpaired) electrons. The number of aliphatic hydroxyl groups excluding tert-OH is 1. The summed E-state index contributed by atoms with van der Waals surface area (Å²) in [7, 11) is 0. The van der Waals surface area contributed by atoms with Crippen molar-refractivity contribution < 1.29 is 19.4 Å². The van der Waals surface area contributed by atoms with E-state index in [1.54, 1.807) is 24.3 Å². The van der Waals surface area contributed by atoms with Gasteiger partial charge in [-0.3, -0.25) is 14.5 Å². The first-order valence-electron chi connectivity index (χ1n) is 11.9. The molecule has 4 rings (SSSR count). The predicted octanol–water partition coefficient (Wildman–Crippen LogP) is 6.45. The number of carbonyl (C=O) groups excluding carboxylic acids is 2. The number of hydrogen-bond donors (Lipinski definition) is 1. The van der Waals surface area contributed by atoms with Gasteiger partial charge in [0, 0.05) is 17.3 Å². The summed E-state index contributed by atoms with van der Waals surface area (Å²) in [5.74, 6) is -0.612. The maximum Gasteiger partial charge on any atom is 0.300 e. The fraction of sp³-hybridized carbons (Fsp3) is 0.267. The summed E-state index contributed by atoms with van der Waals surface area (Å²) < 4.78 is 5.63. The van der Waals surface area contributed by atoms with Gasteiger partial charge in [0.25, 0.3) is 11.7 Å². The minimum absolute atomic E-state index is 0.0809. The van der Waals surface area contributed by atoms with Gasteiger partial charge in [-0.15, -0.1) is 0 Å². The Hall–Kier alpha value is -3.86. The monoisotopic (exact) mass is 469 g/mol. The van der Waals surface area contributed by atoms with Gasteiger partial charge in [0.2, 0.25) is 0 Å². The summed E-state index contributed by atoms with van der Waals surface area (Å²) >= 11 is 0. The Kier molecular flexibility index (Phi) is 6.79. The smallest absolute Gasteiger partial charge is 0.300 e. The summed E-state index contributed by atoms with van der Waals surface area (Å²) in [5.41, 5.74) is 5.10. The first-order valence-corrected chi connectivity index (χ1v) is 11.9. The van der Waals surface area contributed by atoms with Gasteiger partial charge < -0.3 is 9.84 Å². The lowest BCUT2D eigenvalue weighted by Gasteiger charge is -2.26. The molecular weight excluding hydrogens is 438 g/mol. The van der Waals surface area contributed by atoms with E-state index in [1.807, 2.05) is 63.2 Å². The molecule has 5 nitrogen and oxygen atoms in total. The Bertz CT molecular complexity index is 1300. The third-order valence-electron chi connectivity index (χ3n) is 6.55. The molecule has 1 atom stereocenters. The Balaban J connectivity index is 1.92. The van der Waals surface area contributed by atoms with Gasteiger partial charge >= 0.3 is 0 Å². The van der Waals surface area contributed by atoms with Crippen LogP contribution in [-0.2, 0) is 9.59 Å². The first-order chi connectivity index (χ1) is 16.7. The second-order valence-electron chi connectivity index (χ2n) is 9.22. The number of aliphatic hydroxyl groups is 1. The maximum atomic E-state index is 13.4. The van der Waals surface area contributed by atoms with E-state index in [2.05, 4.69) is 13.8 Å². The van der Waals surface area contributed by atoms with Crippen molar-refractivity contribution >= 4 is 23.1 Å². The van der Waals surface area contributed by atoms with Crippen molar-refractivity contribution in [2.75, 3.05) is 11.5 Å². The highest BCUT2D eigenvalue weighted by molar-refractivity contribution is 6.51. The van der Waals surface area contributed by atoms with Crippen LogP contribution in [0.1, 0.15) is 60.5 Å². The number of rotatable bonds is 6. The highest BCUT2D eigenvalue weighted by Gasteiger charge is 2.47. The Labute approximate surface area is 206 Å². The molecule has 1 N–H and O–H groups in total. The highest BCUT2D eigenvalue weighted by Crippen LogP contribution is 2.43.